The molecule has 0 bridgehead atoms. The molecule has 1 aliphatic rings. The molecule has 10 heteroatoms. The number of fused-ring (bicyclic) bond motifs is 2. The van der Waals surface area contributed by atoms with E-state index in [9.17, 15) is 4.39 Å². The number of rotatable bonds is 5. The smallest absolute Gasteiger partial charge is 0.225 e. The first-order valence-corrected chi connectivity index (χ1v) is 11.4. The molecule has 1 aliphatic heterocycles. The molecule has 186 valence electrons. The molecule has 4 aromatic rings. The lowest BCUT2D eigenvalue weighted by atomic mass is 10.0. The highest BCUT2D eigenvalue weighted by atomic mass is 19.1. The minimum absolute atomic E-state index is 0.0480. The fraction of sp³-hybridized carbons (Fsp3) is 0.400. The second-order valence-electron chi connectivity index (χ2n) is 9.05. The van der Waals surface area contributed by atoms with Crippen molar-refractivity contribution < 1.29 is 24.1 Å². The molecule has 1 aromatic carbocycles. The molecule has 2 unspecified atom stereocenters. The van der Waals surface area contributed by atoms with Crippen molar-refractivity contribution in [2.24, 2.45) is 0 Å². The predicted octanol–water partition coefficient (Wildman–Crippen LogP) is 3.73. The van der Waals surface area contributed by atoms with Crippen molar-refractivity contribution in [1.82, 2.24) is 19.5 Å². The van der Waals surface area contributed by atoms with Crippen LogP contribution in [-0.4, -0.2) is 48.7 Å². The summed E-state index contributed by atoms with van der Waals surface area (Å²) >= 11 is 0. The number of hydrogen-bond donors (Lipinski definition) is 3. The molecule has 2 atom stereocenters. The average molecular weight is 484 g/mol. The van der Waals surface area contributed by atoms with Gasteiger partial charge in [0.15, 0.2) is 17.4 Å². The number of aromatic nitrogens is 4. The predicted molar refractivity (Wildman–Crippen MR) is 130 cm³/mol. The Bertz CT molecular complexity index is 1310. The third-order valence-corrected chi connectivity index (χ3v) is 5.68. The number of ether oxygens (including phenoxy) is 2. The van der Waals surface area contributed by atoms with Gasteiger partial charge >= 0.3 is 0 Å². The lowest BCUT2D eigenvalue weighted by Gasteiger charge is -2.16. The molecule has 0 radical (unpaired) electrons. The normalized spacial score (nSPS) is 18.0. The highest BCUT2D eigenvalue weighted by Gasteiger charge is 2.27. The number of methoxy groups -OCH3 is 1. The topological polar surface area (TPSA) is 129 Å². The van der Waals surface area contributed by atoms with Crippen LogP contribution in [0.2, 0.25) is 0 Å². The summed E-state index contributed by atoms with van der Waals surface area (Å²) in [5.41, 5.74) is 8.27. The van der Waals surface area contributed by atoms with Crippen LogP contribution in [0, 0.1) is 5.82 Å². The van der Waals surface area contributed by atoms with E-state index in [1.807, 2.05) is 30.5 Å². The Hall–Kier alpha value is -3.34. The van der Waals surface area contributed by atoms with Gasteiger partial charge in [0.2, 0.25) is 5.88 Å². The van der Waals surface area contributed by atoms with E-state index >= 15 is 0 Å². The zero-order valence-corrected chi connectivity index (χ0v) is 20.0. The van der Waals surface area contributed by atoms with Crippen molar-refractivity contribution in [2.45, 2.75) is 57.6 Å². The van der Waals surface area contributed by atoms with E-state index in [-0.39, 0.29) is 18.1 Å². The van der Waals surface area contributed by atoms with Crippen molar-refractivity contribution >= 4 is 27.8 Å². The molecule has 5 rings (SSSR count). The standard InChI is InChI=1S/C22H22FN5O2.C3H8O2/c1-29-22-16-8-9-28(21(16)25-12-26-22)19-7-6-15(30-19)5-3-13-2-4-14-11-17(23)20(24)27-18(14)10-13;1-3(2,4)5/h2,4,8-12,15,19H,3,5-7H2,1H3,(H2,24,27);4-5H,1-2H3. The van der Waals surface area contributed by atoms with Gasteiger partial charge in [-0.3, -0.25) is 0 Å². The van der Waals surface area contributed by atoms with Gasteiger partial charge < -0.3 is 30.0 Å². The summed E-state index contributed by atoms with van der Waals surface area (Å²) in [4.78, 5) is 12.7. The third-order valence-electron chi connectivity index (χ3n) is 5.68. The second-order valence-corrected chi connectivity index (χ2v) is 9.05. The summed E-state index contributed by atoms with van der Waals surface area (Å²) in [5.74, 6) is -1.49. The lowest BCUT2D eigenvalue weighted by molar-refractivity contribution is -0.127. The third kappa shape index (κ3) is 6.02. The maximum atomic E-state index is 13.6. The number of aryl methyl sites for hydroxylation is 1. The second kappa shape index (κ2) is 10.1. The van der Waals surface area contributed by atoms with Crippen molar-refractivity contribution in [3.05, 3.63) is 54.2 Å². The summed E-state index contributed by atoms with van der Waals surface area (Å²) in [7, 11) is 1.61. The van der Waals surface area contributed by atoms with Crippen LogP contribution >= 0.6 is 0 Å². The van der Waals surface area contributed by atoms with Gasteiger partial charge in [0.1, 0.15) is 18.2 Å². The minimum Gasteiger partial charge on any atom is -0.480 e. The molecule has 35 heavy (non-hydrogen) atoms. The van der Waals surface area contributed by atoms with Crippen molar-refractivity contribution in [1.29, 1.82) is 0 Å². The van der Waals surface area contributed by atoms with E-state index in [1.54, 1.807) is 7.11 Å². The number of hydrogen-bond acceptors (Lipinski definition) is 8. The van der Waals surface area contributed by atoms with Crippen LogP contribution in [0.15, 0.2) is 42.9 Å². The maximum absolute atomic E-state index is 13.6. The molecule has 4 N–H and O–H groups in total. The van der Waals surface area contributed by atoms with Gasteiger partial charge in [-0.05, 0) is 63.3 Å². The Morgan fingerprint density at radius 1 is 1.20 bits per heavy atom. The van der Waals surface area contributed by atoms with Gasteiger partial charge in [-0.2, -0.15) is 0 Å². The molecular formula is C25H30FN5O4. The molecule has 4 heterocycles. The van der Waals surface area contributed by atoms with Gasteiger partial charge in [0.05, 0.1) is 24.1 Å². The van der Waals surface area contributed by atoms with Crippen molar-refractivity contribution in [3.63, 3.8) is 0 Å². The quantitative estimate of drug-likeness (QED) is 0.366. The fourth-order valence-corrected chi connectivity index (χ4v) is 4.13. The first-order valence-electron chi connectivity index (χ1n) is 11.4. The molecule has 1 fully saturated rings. The van der Waals surface area contributed by atoms with Crippen molar-refractivity contribution in [3.8, 4) is 5.88 Å². The Morgan fingerprint density at radius 3 is 2.71 bits per heavy atom. The first-order chi connectivity index (χ1) is 16.6. The van der Waals surface area contributed by atoms with E-state index in [2.05, 4.69) is 19.5 Å². The monoisotopic (exact) mass is 483 g/mol. The molecule has 0 aliphatic carbocycles. The Balaban J connectivity index is 0.000000527. The summed E-state index contributed by atoms with van der Waals surface area (Å²) < 4.78 is 27.3. The van der Waals surface area contributed by atoms with E-state index in [0.29, 0.717) is 11.4 Å². The van der Waals surface area contributed by atoms with E-state index in [1.165, 1.54) is 26.2 Å². The molecular weight excluding hydrogens is 453 g/mol. The van der Waals surface area contributed by atoms with Crippen LogP contribution in [0.4, 0.5) is 10.2 Å². The zero-order chi connectivity index (χ0) is 25.2. The SMILES string of the molecule is CC(C)(O)O.COc1ncnc2c1ccn2C1CCC(CCc2ccc3cc(F)c(N)nc3c2)O1. The summed E-state index contributed by atoms with van der Waals surface area (Å²) in [5, 5.41) is 17.8. The van der Waals surface area contributed by atoms with Crippen LogP contribution < -0.4 is 10.5 Å². The summed E-state index contributed by atoms with van der Waals surface area (Å²) in [6, 6.07) is 9.25. The summed E-state index contributed by atoms with van der Waals surface area (Å²) in [6.07, 6.45) is 7.27. The Labute approximate surface area is 202 Å². The van der Waals surface area contributed by atoms with E-state index < -0.39 is 11.6 Å². The van der Waals surface area contributed by atoms with Crippen LogP contribution in [0.1, 0.15) is 44.9 Å². The summed E-state index contributed by atoms with van der Waals surface area (Å²) in [6.45, 7) is 2.60. The van der Waals surface area contributed by atoms with E-state index in [4.69, 9.17) is 25.4 Å². The number of anilines is 1. The fourth-order valence-electron chi connectivity index (χ4n) is 4.13. The zero-order valence-electron chi connectivity index (χ0n) is 20.0. The highest BCUT2D eigenvalue weighted by molar-refractivity contribution is 5.81. The van der Waals surface area contributed by atoms with Crippen LogP contribution in [-0.2, 0) is 11.2 Å². The molecule has 0 saturated carbocycles. The Kier molecular flexibility index (Phi) is 7.15. The number of nitrogens with two attached hydrogens (primary N) is 1. The molecule has 0 amide bonds. The molecule has 1 saturated heterocycles. The first kappa shape index (κ1) is 24.8. The van der Waals surface area contributed by atoms with Gasteiger partial charge in [-0.15, -0.1) is 0 Å². The number of benzene rings is 1. The largest absolute Gasteiger partial charge is 0.480 e. The maximum Gasteiger partial charge on any atom is 0.225 e. The number of nitrogens with zero attached hydrogens (tertiary/aromatic N) is 4. The molecule has 0 spiro atoms. The molecule has 3 aromatic heterocycles. The van der Waals surface area contributed by atoms with Crippen LogP contribution in [0.3, 0.4) is 0 Å². The van der Waals surface area contributed by atoms with Gasteiger partial charge in [0, 0.05) is 11.6 Å². The van der Waals surface area contributed by atoms with Gasteiger partial charge in [-0.25, -0.2) is 19.3 Å². The number of nitrogen functional groups attached to an aromatic ring is 1. The number of halogens is 1. The van der Waals surface area contributed by atoms with Gasteiger partial charge in [-0.1, -0.05) is 12.1 Å². The molecule has 9 nitrogen and oxygen atoms in total. The number of pyridine rings is 1. The highest BCUT2D eigenvalue weighted by Crippen LogP contribution is 2.34. The van der Waals surface area contributed by atoms with E-state index in [0.717, 1.165) is 47.7 Å². The Morgan fingerprint density at radius 2 is 1.97 bits per heavy atom. The lowest BCUT2D eigenvalue weighted by Crippen LogP contribution is -2.15. The minimum atomic E-state index is -1.50. The van der Waals surface area contributed by atoms with Crippen LogP contribution in [0.5, 0.6) is 5.88 Å². The van der Waals surface area contributed by atoms with Crippen LogP contribution in [0.25, 0.3) is 21.9 Å². The average Bonchev–Trinajstić information content (AvgIpc) is 3.44. The van der Waals surface area contributed by atoms with Crippen molar-refractivity contribution in [2.75, 3.05) is 12.8 Å². The number of aliphatic hydroxyl groups is 2. The van der Waals surface area contributed by atoms with Gasteiger partial charge in [0.25, 0.3) is 0 Å².